The zero-order valence-electron chi connectivity index (χ0n) is 11.9. The van der Waals surface area contributed by atoms with Crippen LogP contribution in [0.4, 0.5) is 0 Å². The lowest BCUT2D eigenvalue weighted by molar-refractivity contribution is 0.184. The number of aliphatic hydroxyl groups excluding tert-OH is 1. The molecule has 0 amide bonds. The maximum absolute atomic E-state index is 12.3. The molecule has 1 aromatic heterocycles. The van der Waals surface area contributed by atoms with E-state index in [1.807, 2.05) is 29.6 Å². The highest BCUT2D eigenvalue weighted by atomic mass is 79.9. The highest BCUT2D eigenvalue weighted by Gasteiger charge is 2.20. The van der Waals surface area contributed by atoms with Gasteiger partial charge in [-0.3, -0.25) is 0 Å². The first kappa shape index (κ1) is 16.6. The van der Waals surface area contributed by atoms with Gasteiger partial charge in [0.05, 0.1) is 11.0 Å². The Labute approximate surface area is 147 Å². The van der Waals surface area contributed by atoms with Crippen LogP contribution in [0.5, 0.6) is 0 Å². The molecule has 0 saturated heterocycles. The lowest BCUT2D eigenvalue weighted by Crippen LogP contribution is -2.28. The molecule has 3 aromatic rings. The third kappa shape index (κ3) is 3.49. The number of aliphatic hydroxyl groups is 1. The SMILES string of the molecule is O=S(=O)(NC[C@H](O)c1csc2ccccc12)c1ccccc1Br. The molecule has 0 saturated carbocycles. The van der Waals surface area contributed by atoms with Crippen LogP contribution in [0.25, 0.3) is 10.1 Å². The normalized spacial score (nSPS) is 13.3. The molecule has 0 aliphatic carbocycles. The largest absolute Gasteiger partial charge is 0.387 e. The van der Waals surface area contributed by atoms with Crippen molar-refractivity contribution in [2.45, 2.75) is 11.0 Å². The summed E-state index contributed by atoms with van der Waals surface area (Å²) in [5.74, 6) is 0. The molecule has 1 atom stereocenters. The van der Waals surface area contributed by atoms with Crippen LogP contribution in [0.15, 0.2) is 63.3 Å². The zero-order valence-corrected chi connectivity index (χ0v) is 15.2. The molecule has 4 nitrogen and oxygen atoms in total. The molecule has 0 unspecified atom stereocenters. The molecule has 0 fully saturated rings. The Kier molecular flexibility index (Phi) is 4.84. The van der Waals surface area contributed by atoms with E-state index in [-0.39, 0.29) is 11.4 Å². The molecular weight excluding hydrogens is 398 g/mol. The Morgan fingerprint density at radius 1 is 1.13 bits per heavy atom. The standard InChI is InChI=1S/C16H14BrNO3S2/c17-13-6-2-4-8-16(13)23(20,21)18-9-14(19)12-10-22-15-7-3-1-5-11(12)15/h1-8,10,14,18-19H,9H2/t14-/m0/s1. The van der Waals surface area contributed by atoms with Gasteiger partial charge in [-0.25, -0.2) is 13.1 Å². The van der Waals surface area contributed by atoms with Crippen molar-refractivity contribution in [1.29, 1.82) is 0 Å². The van der Waals surface area contributed by atoms with Gasteiger partial charge < -0.3 is 5.11 Å². The Hall–Kier alpha value is -1.25. The highest BCUT2D eigenvalue weighted by molar-refractivity contribution is 9.10. The van der Waals surface area contributed by atoms with E-state index in [1.165, 1.54) is 17.4 Å². The first-order valence-corrected chi connectivity index (χ1v) is 10.0. The first-order valence-electron chi connectivity index (χ1n) is 6.87. The van der Waals surface area contributed by atoms with Crippen molar-refractivity contribution < 1.29 is 13.5 Å². The van der Waals surface area contributed by atoms with Crippen molar-refractivity contribution in [2.75, 3.05) is 6.54 Å². The fourth-order valence-electron chi connectivity index (χ4n) is 2.30. The van der Waals surface area contributed by atoms with Crippen molar-refractivity contribution in [3.05, 3.63) is 63.9 Å². The van der Waals surface area contributed by atoms with Gasteiger partial charge in [0, 0.05) is 21.3 Å². The second-order valence-corrected chi connectivity index (χ2v) is 8.49. The van der Waals surface area contributed by atoms with Crippen LogP contribution in [-0.2, 0) is 10.0 Å². The Morgan fingerprint density at radius 2 is 1.83 bits per heavy atom. The summed E-state index contributed by atoms with van der Waals surface area (Å²) < 4.78 is 28.7. The van der Waals surface area contributed by atoms with Crippen LogP contribution in [0.2, 0.25) is 0 Å². The van der Waals surface area contributed by atoms with E-state index in [4.69, 9.17) is 0 Å². The number of hydrogen-bond donors (Lipinski definition) is 2. The minimum absolute atomic E-state index is 0.0790. The predicted octanol–water partition coefficient (Wildman–Crippen LogP) is 3.68. The second kappa shape index (κ2) is 6.70. The quantitative estimate of drug-likeness (QED) is 0.672. The fourth-order valence-corrected chi connectivity index (χ4v) is 5.34. The second-order valence-electron chi connectivity index (χ2n) is 4.99. The number of hydrogen-bond acceptors (Lipinski definition) is 4. The Bertz CT molecular complexity index is 937. The number of sulfonamides is 1. The van der Waals surface area contributed by atoms with Gasteiger partial charge in [0.25, 0.3) is 0 Å². The van der Waals surface area contributed by atoms with Crippen molar-refractivity contribution in [1.82, 2.24) is 4.72 Å². The first-order chi connectivity index (χ1) is 11.0. The lowest BCUT2D eigenvalue weighted by atomic mass is 10.1. The van der Waals surface area contributed by atoms with E-state index >= 15 is 0 Å². The molecule has 0 aliphatic heterocycles. The summed E-state index contributed by atoms with van der Waals surface area (Å²) in [6.45, 7) is -0.0790. The molecule has 3 rings (SSSR count). The van der Waals surface area contributed by atoms with Crippen molar-refractivity contribution in [3.8, 4) is 0 Å². The third-order valence-corrected chi connectivity index (χ3v) is 6.88. The van der Waals surface area contributed by atoms with E-state index in [0.29, 0.717) is 4.47 Å². The number of halogens is 1. The van der Waals surface area contributed by atoms with Crippen molar-refractivity contribution in [2.24, 2.45) is 0 Å². The van der Waals surface area contributed by atoms with Gasteiger partial charge in [-0.2, -0.15) is 0 Å². The summed E-state index contributed by atoms with van der Waals surface area (Å²) in [6.07, 6.45) is -0.900. The summed E-state index contributed by atoms with van der Waals surface area (Å²) in [6, 6.07) is 14.3. The predicted molar refractivity (Wildman–Crippen MR) is 96.1 cm³/mol. The van der Waals surface area contributed by atoms with Gasteiger partial charge in [-0.05, 0) is 44.9 Å². The summed E-state index contributed by atoms with van der Waals surface area (Å²) in [5, 5.41) is 13.2. The van der Waals surface area contributed by atoms with Gasteiger partial charge in [-0.15, -0.1) is 11.3 Å². The number of nitrogens with one attached hydrogen (secondary N) is 1. The molecule has 7 heteroatoms. The van der Waals surface area contributed by atoms with Crippen LogP contribution < -0.4 is 4.72 Å². The maximum Gasteiger partial charge on any atom is 0.241 e. The zero-order chi connectivity index (χ0) is 16.4. The summed E-state index contributed by atoms with van der Waals surface area (Å²) in [5.41, 5.74) is 0.737. The van der Waals surface area contributed by atoms with Crippen LogP contribution in [0.3, 0.4) is 0 Å². The summed E-state index contributed by atoms with van der Waals surface area (Å²) in [7, 11) is -3.68. The van der Waals surface area contributed by atoms with Crippen molar-refractivity contribution >= 4 is 47.4 Å². The Balaban J connectivity index is 1.79. The van der Waals surface area contributed by atoms with Gasteiger partial charge in [0.2, 0.25) is 10.0 Å². The number of benzene rings is 2. The van der Waals surface area contributed by atoms with E-state index in [1.54, 1.807) is 18.2 Å². The van der Waals surface area contributed by atoms with Gasteiger partial charge in [-0.1, -0.05) is 30.3 Å². The average Bonchev–Trinajstić information content (AvgIpc) is 2.97. The maximum atomic E-state index is 12.3. The topological polar surface area (TPSA) is 66.4 Å². The molecule has 0 radical (unpaired) electrons. The van der Waals surface area contributed by atoms with Crippen LogP contribution in [-0.4, -0.2) is 20.1 Å². The molecule has 2 N–H and O–H groups in total. The molecule has 23 heavy (non-hydrogen) atoms. The number of rotatable bonds is 5. The Morgan fingerprint density at radius 3 is 2.61 bits per heavy atom. The summed E-state index contributed by atoms with van der Waals surface area (Å²) >= 11 is 4.76. The highest BCUT2D eigenvalue weighted by Crippen LogP contribution is 2.30. The van der Waals surface area contributed by atoms with Crippen LogP contribution in [0, 0.1) is 0 Å². The minimum Gasteiger partial charge on any atom is -0.387 e. The number of thiophene rings is 1. The monoisotopic (exact) mass is 411 g/mol. The fraction of sp³-hybridized carbons (Fsp3) is 0.125. The minimum atomic E-state index is -3.68. The van der Waals surface area contributed by atoms with E-state index in [2.05, 4.69) is 20.7 Å². The average molecular weight is 412 g/mol. The summed E-state index contributed by atoms with van der Waals surface area (Å²) in [4.78, 5) is 0.155. The lowest BCUT2D eigenvalue weighted by Gasteiger charge is -2.13. The van der Waals surface area contributed by atoms with E-state index < -0.39 is 16.1 Å². The van der Waals surface area contributed by atoms with Crippen LogP contribution >= 0.6 is 27.3 Å². The molecule has 0 spiro atoms. The molecule has 2 aromatic carbocycles. The van der Waals surface area contributed by atoms with Gasteiger partial charge in [0.1, 0.15) is 0 Å². The number of fused-ring (bicyclic) bond motifs is 1. The molecular formula is C16H14BrNO3S2. The smallest absolute Gasteiger partial charge is 0.241 e. The molecule has 0 bridgehead atoms. The molecule has 1 heterocycles. The van der Waals surface area contributed by atoms with E-state index in [0.717, 1.165) is 15.6 Å². The van der Waals surface area contributed by atoms with Gasteiger partial charge >= 0.3 is 0 Å². The van der Waals surface area contributed by atoms with Crippen molar-refractivity contribution in [3.63, 3.8) is 0 Å². The molecule has 0 aliphatic rings. The van der Waals surface area contributed by atoms with Gasteiger partial charge in [0.15, 0.2) is 0 Å². The van der Waals surface area contributed by atoms with Crippen LogP contribution in [0.1, 0.15) is 11.7 Å². The third-order valence-electron chi connectivity index (χ3n) is 3.46. The molecule has 120 valence electrons. The van der Waals surface area contributed by atoms with E-state index in [9.17, 15) is 13.5 Å².